The molecule has 2 rings (SSSR count). The summed E-state index contributed by atoms with van der Waals surface area (Å²) in [5.41, 5.74) is 5.76. The Morgan fingerprint density at radius 1 is 1.67 bits per heavy atom. The average molecular weight is 330 g/mol. The summed E-state index contributed by atoms with van der Waals surface area (Å²) in [5, 5.41) is 22.1. The van der Waals surface area contributed by atoms with Gasteiger partial charge in [0.2, 0.25) is 0 Å². The summed E-state index contributed by atoms with van der Waals surface area (Å²) < 4.78 is 0.704. The zero-order valence-electron chi connectivity index (χ0n) is 8.85. The van der Waals surface area contributed by atoms with Crippen LogP contribution in [-0.2, 0) is 0 Å². The van der Waals surface area contributed by atoms with E-state index >= 15 is 0 Å². The number of halogens is 1. The topological polar surface area (TPSA) is 116 Å². The van der Waals surface area contributed by atoms with E-state index in [-0.39, 0.29) is 17.6 Å². The summed E-state index contributed by atoms with van der Waals surface area (Å²) in [5.74, 6) is -0.173. The quantitative estimate of drug-likeness (QED) is 0.296. The van der Waals surface area contributed by atoms with E-state index in [4.69, 9.17) is 10.9 Å². The molecule has 7 nitrogen and oxygen atoms in total. The van der Waals surface area contributed by atoms with Crippen molar-refractivity contribution in [3.8, 4) is 0 Å². The van der Waals surface area contributed by atoms with Gasteiger partial charge < -0.3 is 16.3 Å². The molecule has 0 spiro atoms. The maximum atomic E-state index is 11.9. The molecule has 2 aromatic heterocycles. The summed E-state index contributed by atoms with van der Waals surface area (Å²) in [4.78, 5) is 12.5. The van der Waals surface area contributed by atoms with Crippen LogP contribution in [-0.4, -0.2) is 27.1 Å². The highest BCUT2D eigenvalue weighted by Crippen LogP contribution is 2.24. The third kappa shape index (κ3) is 2.36. The molecule has 5 N–H and O–H groups in total. The number of amidine groups is 1. The number of oxime groups is 1. The molecule has 0 saturated heterocycles. The fourth-order valence-corrected chi connectivity index (χ4v) is 2.70. The van der Waals surface area contributed by atoms with Gasteiger partial charge in [-0.05, 0) is 27.4 Å². The number of nitrogens with one attached hydrogen (secondary N) is 2. The lowest BCUT2D eigenvalue weighted by atomic mass is 10.3. The van der Waals surface area contributed by atoms with Crippen molar-refractivity contribution >= 4 is 44.8 Å². The van der Waals surface area contributed by atoms with E-state index in [1.807, 2.05) is 0 Å². The monoisotopic (exact) mass is 329 g/mol. The second kappa shape index (κ2) is 5.19. The number of nitrogens with zero attached hydrogens (tertiary/aromatic N) is 2. The number of aromatic nitrogens is 2. The first kappa shape index (κ1) is 12.6. The Balaban J connectivity index is 2.23. The van der Waals surface area contributed by atoms with Crippen molar-refractivity contribution in [1.82, 2.24) is 10.2 Å². The zero-order chi connectivity index (χ0) is 13.1. The lowest BCUT2D eigenvalue weighted by Gasteiger charge is -2.03. The predicted octanol–water partition coefficient (Wildman–Crippen LogP) is 1.58. The molecule has 0 aliphatic carbocycles. The van der Waals surface area contributed by atoms with E-state index in [1.165, 1.54) is 17.5 Å². The Labute approximate surface area is 114 Å². The van der Waals surface area contributed by atoms with Crippen LogP contribution >= 0.6 is 27.3 Å². The second-order valence-corrected chi connectivity index (χ2v) is 4.97. The molecule has 0 bridgehead atoms. The highest BCUT2D eigenvalue weighted by Gasteiger charge is 2.16. The summed E-state index contributed by atoms with van der Waals surface area (Å²) in [6.45, 7) is 0. The van der Waals surface area contributed by atoms with Gasteiger partial charge in [-0.2, -0.15) is 5.10 Å². The molecule has 2 heterocycles. The predicted molar refractivity (Wildman–Crippen MR) is 71.1 cm³/mol. The van der Waals surface area contributed by atoms with Gasteiger partial charge in [0.15, 0.2) is 5.84 Å². The summed E-state index contributed by atoms with van der Waals surface area (Å²) >= 11 is 4.56. The molecule has 1 amide bonds. The summed E-state index contributed by atoms with van der Waals surface area (Å²) in [6, 6.07) is 1.77. The van der Waals surface area contributed by atoms with Crippen LogP contribution in [0.25, 0.3) is 0 Å². The van der Waals surface area contributed by atoms with Gasteiger partial charge in [-0.15, -0.1) is 11.3 Å². The Morgan fingerprint density at radius 3 is 3.06 bits per heavy atom. The summed E-state index contributed by atoms with van der Waals surface area (Å²) in [7, 11) is 0. The van der Waals surface area contributed by atoms with Crippen molar-refractivity contribution in [2.45, 2.75) is 0 Å². The Morgan fingerprint density at radius 2 is 2.44 bits per heavy atom. The number of H-pyrrole nitrogens is 1. The first-order valence-corrected chi connectivity index (χ1v) is 6.36. The molecule has 18 heavy (non-hydrogen) atoms. The molecule has 0 aromatic carbocycles. The Kier molecular flexibility index (Phi) is 3.63. The molecular formula is C9H8BrN5O2S. The van der Waals surface area contributed by atoms with Crippen LogP contribution in [0.2, 0.25) is 0 Å². The maximum absolute atomic E-state index is 11.9. The maximum Gasteiger partial charge on any atom is 0.268 e. The minimum atomic E-state index is -0.312. The van der Waals surface area contributed by atoms with Gasteiger partial charge in [-0.1, -0.05) is 5.16 Å². The number of nitrogens with two attached hydrogens (primary N) is 1. The minimum absolute atomic E-state index is 0.135. The average Bonchev–Trinajstić information content (AvgIpc) is 2.97. The van der Waals surface area contributed by atoms with Crippen LogP contribution in [0.15, 0.2) is 27.3 Å². The normalized spacial score (nSPS) is 11.5. The van der Waals surface area contributed by atoms with Crippen molar-refractivity contribution in [3.05, 3.63) is 32.6 Å². The number of anilines is 1. The lowest BCUT2D eigenvalue weighted by Crippen LogP contribution is -2.18. The lowest BCUT2D eigenvalue weighted by molar-refractivity contribution is 0.102. The molecule has 0 fully saturated rings. The molecular weight excluding hydrogens is 322 g/mol. The van der Waals surface area contributed by atoms with Gasteiger partial charge in [0.1, 0.15) is 10.7 Å². The van der Waals surface area contributed by atoms with Gasteiger partial charge in [-0.25, -0.2) is 0 Å². The highest BCUT2D eigenvalue weighted by atomic mass is 79.9. The molecule has 9 heteroatoms. The largest absolute Gasteiger partial charge is 0.409 e. The number of aromatic amines is 1. The van der Waals surface area contributed by atoms with Gasteiger partial charge in [0, 0.05) is 4.47 Å². The number of hydrogen-bond donors (Lipinski definition) is 4. The molecule has 0 atom stereocenters. The van der Waals surface area contributed by atoms with Crippen LogP contribution in [0, 0.1) is 0 Å². The van der Waals surface area contributed by atoms with Gasteiger partial charge >= 0.3 is 0 Å². The standard InChI is InChI=1S/C9H8BrN5O2S/c10-5-1-2-18-6(5)9(16)13-8-4(3-12-14-8)7(11)15-17/h1-3,17H,(H2,11,15)(H2,12,13,14,16). The number of thiophene rings is 1. The van der Waals surface area contributed by atoms with Gasteiger partial charge in [-0.3, -0.25) is 9.89 Å². The Bertz CT molecular complexity index is 606. The number of hydrogen-bond acceptors (Lipinski definition) is 5. The van der Waals surface area contributed by atoms with E-state index in [0.717, 1.165) is 0 Å². The highest BCUT2D eigenvalue weighted by molar-refractivity contribution is 9.10. The van der Waals surface area contributed by atoms with E-state index in [0.29, 0.717) is 14.9 Å². The number of rotatable bonds is 3. The van der Waals surface area contributed by atoms with Crippen LogP contribution in [0.4, 0.5) is 5.82 Å². The van der Waals surface area contributed by atoms with Crippen LogP contribution in [0.5, 0.6) is 0 Å². The van der Waals surface area contributed by atoms with Crippen molar-refractivity contribution < 1.29 is 10.0 Å². The smallest absolute Gasteiger partial charge is 0.268 e. The molecule has 0 aliphatic heterocycles. The van der Waals surface area contributed by atoms with Crippen molar-refractivity contribution in [2.24, 2.45) is 10.9 Å². The second-order valence-electron chi connectivity index (χ2n) is 3.20. The van der Waals surface area contributed by atoms with Crippen LogP contribution in [0.3, 0.4) is 0 Å². The minimum Gasteiger partial charge on any atom is -0.409 e. The zero-order valence-corrected chi connectivity index (χ0v) is 11.2. The van der Waals surface area contributed by atoms with E-state index in [2.05, 4.69) is 36.6 Å². The van der Waals surface area contributed by atoms with Gasteiger partial charge in [0.25, 0.3) is 5.91 Å². The fraction of sp³-hybridized carbons (Fsp3) is 0. The van der Waals surface area contributed by atoms with Crippen molar-refractivity contribution in [2.75, 3.05) is 5.32 Å². The molecule has 0 aliphatic rings. The third-order valence-electron chi connectivity index (χ3n) is 2.08. The molecule has 0 saturated carbocycles. The van der Waals surface area contributed by atoms with Crippen molar-refractivity contribution in [1.29, 1.82) is 0 Å². The van der Waals surface area contributed by atoms with Gasteiger partial charge in [0.05, 0.1) is 11.8 Å². The number of carbonyl (C=O) groups excluding carboxylic acids is 1. The fourth-order valence-electron chi connectivity index (χ4n) is 1.26. The SMILES string of the molecule is NC(=NO)c1cn[nH]c1NC(=O)c1sccc1Br. The van der Waals surface area contributed by atoms with E-state index < -0.39 is 0 Å². The Hall–Kier alpha value is -1.87. The van der Waals surface area contributed by atoms with Crippen LogP contribution < -0.4 is 11.1 Å². The molecule has 2 aromatic rings. The van der Waals surface area contributed by atoms with E-state index in [9.17, 15) is 4.79 Å². The number of carbonyl (C=O) groups is 1. The molecule has 0 radical (unpaired) electrons. The summed E-state index contributed by atoms with van der Waals surface area (Å²) in [6.07, 6.45) is 1.36. The molecule has 0 unspecified atom stereocenters. The molecule has 94 valence electrons. The third-order valence-corrected chi connectivity index (χ3v) is 3.92. The van der Waals surface area contributed by atoms with Crippen LogP contribution in [0.1, 0.15) is 15.2 Å². The van der Waals surface area contributed by atoms with E-state index in [1.54, 1.807) is 11.4 Å². The number of amides is 1. The first-order valence-electron chi connectivity index (χ1n) is 4.69. The first-order chi connectivity index (χ1) is 8.63. The van der Waals surface area contributed by atoms with Crippen molar-refractivity contribution in [3.63, 3.8) is 0 Å².